The summed E-state index contributed by atoms with van der Waals surface area (Å²) in [5, 5.41) is 6.21. The van der Waals surface area contributed by atoms with Gasteiger partial charge in [-0.15, -0.1) is 0 Å². The zero-order chi connectivity index (χ0) is 18.9. The van der Waals surface area contributed by atoms with Crippen molar-refractivity contribution in [3.8, 4) is 5.75 Å². The topological polar surface area (TPSA) is 66.5 Å². The molecule has 0 aliphatic rings. The van der Waals surface area contributed by atoms with Crippen LogP contribution in [0, 0.1) is 0 Å². The van der Waals surface area contributed by atoms with E-state index in [1.54, 1.807) is 12.4 Å². The van der Waals surface area contributed by atoms with Crippen LogP contribution in [0.15, 0.2) is 42.7 Å². The van der Waals surface area contributed by atoms with Gasteiger partial charge in [0.2, 0.25) is 0 Å². The van der Waals surface area contributed by atoms with E-state index in [0.29, 0.717) is 17.0 Å². The van der Waals surface area contributed by atoms with Crippen molar-refractivity contribution in [2.24, 2.45) is 0 Å². The number of hydrogen-bond donors (Lipinski definition) is 2. The fourth-order valence-electron chi connectivity index (χ4n) is 2.41. The maximum absolute atomic E-state index is 12.6. The van der Waals surface area contributed by atoms with Crippen LogP contribution in [-0.4, -0.2) is 49.1 Å². The van der Waals surface area contributed by atoms with Crippen molar-refractivity contribution >= 4 is 17.3 Å². The molecule has 0 aliphatic carbocycles. The molecule has 0 saturated heterocycles. The molecule has 0 spiro atoms. The van der Waals surface area contributed by atoms with Crippen LogP contribution in [0.4, 0.5) is 11.4 Å². The Labute approximate surface area is 155 Å². The number of amides is 1. The number of ether oxygens (including phenoxy) is 1. The quantitative estimate of drug-likeness (QED) is 0.673. The second-order valence-corrected chi connectivity index (χ2v) is 6.66. The summed E-state index contributed by atoms with van der Waals surface area (Å²) in [5.41, 5.74) is 1.99. The molecule has 1 aromatic carbocycles. The zero-order valence-corrected chi connectivity index (χ0v) is 16.0. The summed E-state index contributed by atoms with van der Waals surface area (Å²) >= 11 is 0. The highest BCUT2D eigenvalue weighted by atomic mass is 16.5. The smallest absolute Gasteiger partial charge is 0.257 e. The third-order valence-corrected chi connectivity index (χ3v) is 3.61. The number of aromatic nitrogens is 1. The summed E-state index contributed by atoms with van der Waals surface area (Å²) in [7, 11) is 4.10. The second-order valence-electron chi connectivity index (χ2n) is 6.66. The molecule has 0 unspecified atom stereocenters. The number of para-hydroxylation sites is 2. The van der Waals surface area contributed by atoms with Crippen LogP contribution in [-0.2, 0) is 0 Å². The Hall–Kier alpha value is -2.60. The number of nitrogens with one attached hydrogen (secondary N) is 2. The largest absolute Gasteiger partial charge is 0.489 e. The first-order valence-electron chi connectivity index (χ1n) is 8.86. The van der Waals surface area contributed by atoms with E-state index in [1.165, 1.54) is 0 Å². The third kappa shape index (κ3) is 6.37. The van der Waals surface area contributed by atoms with E-state index in [4.69, 9.17) is 4.74 Å². The van der Waals surface area contributed by atoms with Crippen molar-refractivity contribution in [1.29, 1.82) is 0 Å². The van der Waals surface area contributed by atoms with Crippen LogP contribution in [0.1, 0.15) is 30.6 Å². The van der Waals surface area contributed by atoms with E-state index in [-0.39, 0.29) is 12.0 Å². The molecule has 2 N–H and O–H groups in total. The van der Waals surface area contributed by atoms with E-state index in [1.807, 2.05) is 58.3 Å². The predicted octanol–water partition coefficient (Wildman–Crippen LogP) is 3.48. The molecule has 140 valence electrons. The van der Waals surface area contributed by atoms with Crippen molar-refractivity contribution in [2.45, 2.75) is 26.4 Å². The maximum atomic E-state index is 12.6. The summed E-state index contributed by atoms with van der Waals surface area (Å²) in [5.74, 6) is 0.441. The van der Waals surface area contributed by atoms with Crippen molar-refractivity contribution < 1.29 is 9.53 Å². The van der Waals surface area contributed by atoms with Crippen LogP contribution < -0.4 is 15.4 Å². The fraction of sp³-hybridized carbons (Fsp3) is 0.400. The van der Waals surface area contributed by atoms with E-state index < -0.39 is 0 Å². The van der Waals surface area contributed by atoms with Crippen molar-refractivity contribution in [3.05, 3.63) is 48.3 Å². The van der Waals surface area contributed by atoms with Gasteiger partial charge in [0.05, 0.1) is 23.0 Å². The Morgan fingerprint density at radius 2 is 2.00 bits per heavy atom. The van der Waals surface area contributed by atoms with Crippen LogP contribution in [0.2, 0.25) is 0 Å². The normalized spacial score (nSPS) is 10.8. The molecule has 1 aromatic heterocycles. The van der Waals surface area contributed by atoms with Crippen molar-refractivity contribution in [2.75, 3.05) is 37.8 Å². The number of nitrogens with zero attached hydrogens (tertiary/aromatic N) is 2. The zero-order valence-electron chi connectivity index (χ0n) is 16.0. The minimum absolute atomic E-state index is 0.0319. The molecule has 0 fully saturated rings. The molecule has 26 heavy (non-hydrogen) atoms. The number of anilines is 2. The van der Waals surface area contributed by atoms with Gasteiger partial charge in [0.15, 0.2) is 0 Å². The van der Waals surface area contributed by atoms with Gasteiger partial charge in [-0.3, -0.25) is 9.78 Å². The van der Waals surface area contributed by atoms with Gasteiger partial charge in [-0.25, -0.2) is 0 Å². The molecule has 2 aromatic rings. The molecular formula is C20H28N4O2. The minimum atomic E-state index is -0.214. The highest BCUT2D eigenvalue weighted by Crippen LogP contribution is 2.25. The molecule has 0 radical (unpaired) electrons. The summed E-state index contributed by atoms with van der Waals surface area (Å²) in [6.45, 7) is 5.74. The average Bonchev–Trinajstić information content (AvgIpc) is 2.60. The Bertz CT molecular complexity index is 716. The first-order chi connectivity index (χ1) is 12.5. The van der Waals surface area contributed by atoms with E-state index in [2.05, 4.69) is 20.5 Å². The summed E-state index contributed by atoms with van der Waals surface area (Å²) in [6, 6.07) is 9.23. The molecule has 0 atom stereocenters. The van der Waals surface area contributed by atoms with Gasteiger partial charge in [-0.2, -0.15) is 0 Å². The summed E-state index contributed by atoms with van der Waals surface area (Å²) in [4.78, 5) is 18.9. The average molecular weight is 356 g/mol. The SMILES string of the molecule is CC(C)Oc1ccccc1NC(=O)c1cncc(NCCCN(C)C)c1. The monoisotopic (exact) mass is 356 g/mol. The number of benzene rings is 1. The minimum Gasteiger partial charge on any atom is -0.489 e. The second kappa shape index (κ2) is 9.77. The first kappa shape index (κ1) is 19.7. The lowest BCUT2D eigenvalue weighted by molar-refractivity contribution is 0.102. The standard InChI is InChI=1S/C20H28N4O2/c1-15(2)26-19-9-6-5-8-18(19)23-20(25)16-12-17(14-21-13-16)22-10-7-11-24(3)4/h5-6,8-9,12-15,22H,7,10-11H2,1-4H3,(H,23,25). The number of carbonyl (C=O) groups excluding carboxylic acids is 1. The number of carbonyl (C=O) groups is 1. The molecule has 2 rings (SSSR count). The molecule has 0 aliphatic heterocycles. The number of rotatable bonds is 9. The lowest BCUT2D eigenvalue weighted by Crippen LogP contribution is -2.17. The van der Waals surface area contributed by atoms with Gasteiger partial charge in [0.1, 0.15) is 5.75 Å². The van der Waals surface area contributed by atoms with Crippen molar-refractivity contribution in [1.82, 2.24) is 9.88 Å². The summed E-state index contributed by atoms with van der Waals surface area (Å²) < 4.78 is 5.74. The van der Waals surface area contributed by atoms with Gasteiger partial charge in [-0.05, 0) is 59.1 Å². The molecular weight excluding hydrogens is 328 g/mol. The summed E-state index contributed by atoms with van der Waals surface area (Å²) in [6.07, 6.45) is 4.34. The van der Waals surface area contributed by atoms with Crippen molar-refractivity contribution in [3.63, 3.8) is 0 Å². The Morgan fingerprint density at radius 1 is 1.23 bits per heavy atom. The van der Waals surface area contributed by atoms with E-state index >= 15 is 0 Å². The molecule has 0 bridgehead atoms. The van der Waals surface area contributed by atoms with Crippen LogP contribution in [0.3, 0.4) is 0 Å². The van der Waals surface area contributed by atoms with Gasteiger partial charge in [-0.1, -0.05) is 12.1 Å². The molecule has 6 nitrogen and oxygen atoms in total. The molecule has 1 heterocycles. The van der Waals surface area contributed by atoms with Gasteiger partial charge in [0.25, 0.3) is 5.91 Å². The van der Waals surface area contributed by atoms with Gasteiger partial charge in [0, 0.05) is 18.9 Å². The first-order valence-corrected chi connectivity index (χ1v) is 8.86. The predicted molar refractivity (Wildman–Crippen MR) is 106 cm³/mol. The maximum Gasteiger partial charge on any atom is 0.257 e. The van der Waals surface area contributed by atoms with Gasteiger partial charge >= 0.3 is 0 Å². The van der Waals surface area contributed by atoms with E-state index in [9.17, 15) is 4.79 Å². The fourth-order valence-corrected chi connectivity index (χ4v) is 2.41. The lowest BCUT2D eigenvalue weighted by atomic mass is 10.2. The molecule has 0 saturated carbocycles. The van der Waals surface area contributed by atoms with Crippen LogP contribution in [0.5, 0.6) is 5.75 Å². The molecule has 6 heteroatoms. The highest BCUT2D eigenvalue weighted by Gasteiger charge is 2.11. The number of hydrogen-bond acceptors (Lipinski definition) is 5. The highest BCUT2D eigenvalue weighted by molar-refractivity contribution is 6.05. The van der Waals surface area contributed by atoms with Crippen LogP contribution in [0.25, 0.3) is 0 Å². The van der Waals surface area contributed by atoms with Crippen LogP contribution >= 0.6 is 0 Å². The Kier molecular flexibility index (Phi) is 7.41. The van der Waals surface area contributed by atoms with E-state index in [0.717, 1.165) is 25.2 Å². The third-order valence-electron chi connectivity index (χ3n) is 3.61. The Morgan fingerprint density at radius 3 is 2.73 bits per heavy atom. The number of pyridine rings is 1. The molecule has 1 amide bonds. The van der Waals surface area contributed by atoms with Gasteiger partial charge < -0.3 is 20.3 Å². The Balaban J connectivity index is 2.01. The lowest BCUT2D eigenvalue weighted by Gasteiger charge is -2.15.